The molecular weight excluding hydrogens is 387 g/mol. The number of rotatable bonds is 6. The molecule has 2 aromatic heterocycles. The highest BCUT2D eigenvalue weighted by Crippen LogP contribution is 2.34. The Hall–Kier alpha value is -3.03. The van der Waals surface area contributed by atoms with Crippen LogP contribution in [0.5, 0.6) is 17.5 Å². The topological polar surface area (TPSA) is 68.7 Å². The molecule has 0 radical (unpaired) electrons. The first-order valence-electron chi connectivity index (χ1n) is 10.2. The van der Waals surface area contributed by atoms with Crippen LogP contribution < -0.4 is 19.5 Å². The van der Waals surface area contributed by atoms with Gasteiger partial charge in [-0.3, -0.25) is 0 Å². The normalized spacial score (nSPS) is 16.7. The molecule has 4 rings (SSSR count). The van der Waals surface area contributed by atoms with Gasteiger partial charge in [-0.15, -0.1) is 0 Å². The first kappa shape index (κ1) is 20.3. The highest BCUT2D eigenvalue weighted by atomic mass is 19.1. The average molecular weight is 414 g/mol. The van der Waals surface area contributed by atoms with Crippen molar-refractivity contribution in [2.75, 3.05) is 38.7 Å². The van der Waals surface area contributed by atoms with Gasteiger partial charge in [0.05, 0.1) is 13.2 Å². The first-order chi connectivity index (χ1) is 14.5. The largest absolute Gasteiger partial charge is 0.484 e. The molecule has 0 saturated carbocycles. The maximum absolute atomic E-state index is 14.7. The third-order valence-corrected chi connectivity index (χ3v) is 5.33. The molecule has 0 fully saturated rings. The summed E-state index contributed by atoms with van der Waals surface area (Å²) in [6.07, 6.45) is 4.11. The van der Waals surface area contributed by atoms with E-state index in [1.165, 1.54) is 11.6 Å². The van der Waals surface area contributed by atoms with Crippen LogP contribution in [0.25, 0.3) is 0 Å². The fourth-order valence-electron chi connectivity index (χ4n) is 3.77. The molecule has 0 aromatic carbocycles. The molecule has 2 aromatic rings. The Morgan fingerprint density at radius 1 is 1.23 bits per heavy atom. The standard InChI is InChI=1S/C22H27FN4O3/c1-14-9-17(10-20(25-14)28-3)24-12-16-5-4-6-27(13-16)15(2)21-18(23)11-19-22(26-21)30-8-7-29-19/h9-11,13,15H,4-8,12H2,1-3H3,(H,24,25). The summed E-state index contributed by atoms with van der Waals surface area (Å²) in [6.45, 7) is 6.29. The van der Waals surface area contributed by atoms with Gasteiger partial charge in [-0.1, -0.05) is 0 Å². The molecule has 0 amide bonds. The maximum atomic E-state index is 14.7. The van der Waals surface area contributed by atoms with Crippen molar-refractivity contribution in [2.24, 2.45) is 0 Å². The SMILES string of the molecule is COc1cc(NCC2=CN(C(C)c3nc4c(cc3F)OCCO4)CCC2)cc(C)n1. The molecule has 1 unspecified atom stereocenters. The van der Waals surface area contributed by atoms with E-state index in [2.05, 4.69) is 26.4 Å². The van der Waals surface area contributed by atoms with Crippen molar-refractivity contribution in [1.82, 2.24) is 14.9 Å². The Morgan fingerprint density at radius 2 is 2.07 bits per heavy atom. The number of halogens is 1. The quantitative estimate of drug-likeness (QED) is 0.770. The molecule has 8 heteroatoms. The number of methoxy groups -OCH3 is 1. The fourth-order valence-corrected chi connectivity index (χ4v) is 3.77. The Labute approximate surface area is 175 Å². The molecule has 4 heterocycles. The number of anilines is 1. The molecule has 2 aliphatic heterocycles. The molecule has 7 nitrogen and oxygen atoms in total. The zero-order chi connectivity index (χ0) is 21.1. The lowest BCUT2D eigenvalue weighted by Crippen LogP contribution is -2.29. The van der Waals surface area contributed by atoms with Gasteiger partial charge in [-0.25, -0.2) is 14.4 Å². The van der Waals surface area contributed by atoms with Crippen molar-refractivity contribution in [3.05, 3.63) is 47.2 Å². The van der Waals surface area contributed by atoms with Gasteiger partial charge in [0.25, 0.3) is 5.88 Å². The Bertz CT molecular complexity index is 950. The first-order valence-corrected chi connectivity index (χ1v) is 10.2. The van der Waals surface area contributed by atoms with Crippen molar-refractivity contribution in [2.45, 2.75) is 32.7 Å². The summed E-state index contributed by atoms with van der Waals surface area (Å²) >= 11 is 0. The molecule has 0 bridgehead atoms. The van der Waals surface area contributed by atoms with Crippen LogP contribution in [0.1, 0.15) is 37.2 Å². The summed E-state index contributed by atoms with van der Waals surface area (Å²) in [6, 6.07) is 5.04. The second kappa shape index (κ2) is 8.77. The van der Waals surface area contributed by atoms with Crippen LogP contribution in [0.15, 0.2) is 30.0 Å². The van der Waals surface area contributed by atoms with E-state index >= 15 is 0 Å². The van der Waals surface area contributed by atoms with Crippen LogP contribution in [0.3, 0.4) is 0 Å². The summed E-state index contributed by atoms with van der Waals surface area (Å²) in [7, 11) is 1.61. The second-order valence-corrected chi connectivity index (χ2v) is 7.55. The number of nitrogens with one attached hydrogen (secondary N) is 1. The number of hydrogen-bond donors (Lipinski definition) is 1. The van der Waals surface area contributed by atoms with Crippen molar-refractivity contribution in [1.29, 1.82) is 0 Å². The van der Waals surface area contributed by atoms with E-state index in [4.69, 9.17) is 14.2 Å². The second-order valence-electron chi connectivity index (χ2n) is 7.55. The van der Waals surface area contributed by atoms with Crippen LogP contribution in [0, 0.1) is 12.7 Å². The van der Waals surface area contributed by atoms with E-state index in [1.807, 2.05) is 26.0 Å². The number of fused-ring (bicyclic) bond motifs is 1. The number of hydrogen-bond acceptors (Lipinski definition) is 7. The van der Waals surface area contributed by atoms with Crippen LogP contribution in [-0.2, 0) is 0 Å². The number of ether oxygens (including phenoxy) is 3. The van der Waals surface area contributed by atoms with Gasteiger partial charge in [0.15, 0.2) is 11.6 Å². The lowest BCUT2D eigenvalue weighted by atomic mass is 10.0. The molecule has 0 aliphatic carbocycles. The molecule has 160 valence electrons. The van der Waals surface area contributed by atoms with E-state index in [0.717, 1.165) is 30.8 Å². The van der Waals surface area contributed by atoms with Gasteiger partial charge in [0, 0.05) is 42.8 Å². The number of aromatic nitrogens is 2. The van der Waals surface area contributed by atoms with Crippen LogP contribution >= 0.6 is 0 Å². The number of pyridine rings is 2. The Kier molecular flexibility index (Phi) is 5.92. The lowest BCUT2D eigenvalue weighted by molar-refractivity contribution is 0.160. The predicted octanol–water partition coefficient (Wildman–Crippen LogP) is 3.86. The lowest BCUT2D eigenvalue weighted by Gasteiger charge is -2.33. The van der Waals surface area contributed by atoms with E-state index < -0.39 is 0 Å². The van der Waals surface area contributed by atoms with Gasteiger partial charge in [-0.2, -0.15) is 0 Å². The van der Waals surface area contributed by atoms with E-state index in [1.54, 1.807) is 7.11 Å². The molecule has 1 atom stereocenters. The fraction of sp³-hybridized carbons (Fsp3) is 0.455. The van der Waals surface area contributed by atoms with Gasteiger partial charge >= 0.3 is 0 Å². The van der Waals surface area contributed by atoms with Gasteiger partial charge in [0.2, 0.25) is 5.88 Å². The molecular formula is C22H27FN4O3. The molecule has 1 N–H and O–H groups in total. The van der Waals surface area contributed by atoms with Crippen LogP contribution in [-0.4, -0.2) is 48.3 Å². The van der Waals surface area contributed by atoms with E-state index in [0.29, 0.717) is 43.0 Å². The van der Waals surface area contributed by atoms with Crippen LogP contribution in [0.2, 0.25) is 0 Å². The molecule has 2 aliphatic rings. The minimum absolute atomic E-state index is 0.209. The highest BCUT2D eigenvalue weighted by molar-refractivity contribution is 5.48. The zero-order valence-corrected chi connectivity index (χ0v) is 17.6. The van der Waals surface area contributed by atoms with Gasteiger partial charge in [-0.05, 0) is 38.3 Å². The summed E-state index contributed by atoms with van der Waals surface area (Å²) < 4.78 is 30.9. The summed E-state index contributed by atoms with van der Waals surface area (Å²) in [4.78, 5) is 10.9. The van der Waals surface area contributed by atoms with E-state index in [9.17, 15) is 4.39 Å². The monoisotopic (exact) mass is 414 g/mol. The average Bonchev–Trinajstić information content (AvgIpc) is 2.76. The third kappa shape index (κ3) is 4.42. The van der Waals surface area contributed by atoms with Gasteiger partial charge in [0.1, 0.15) is 18.9 Å². The Balaban J connectivity index is 1.47. The zero-order valence-electron chi connectivity index (χ0n) is 17.6. The maximum Gasteiger partial charge on any atom is 0.257 e. The minimum atomic E-state index is -0.371. The smallest absolute Gasteiger partial charge is 0.257 e. The van der Waals surface area contributed by atoms with Gasteiger partial charge < -0.3 is 24.4 Å². The van der Waals surface area contributed by atoms with Crippen molar-refractivity contribution in [3.8, 4) is 17.5 Å². The van der Waals surface area contributed by atoms with Crippen molar-refractivity contribution < 1.29 is 18.6 Å². The van der Waals surface area contributed by atoms with Crippen LogP contribution in [0.4, 0.5) is 10.1 Å². The predicted molar refractivity (Wildman–Crippen MR) is 112 cm³/mol. The van der Waals surface area contributed by atoms with Crippen molar-refractivity contribution >= 4 is 5.69 Å². The highest BCUT2D eigenvalue weighted by Gasteiger charge is 2.25. The Morgan fingerprint density at radius 3 is 2.90 bits per heavy atom. The minimum Gasteiger partial charge on any atom is -0.484 e. The number of aryl methyl sites for hydroxylation is 1. The molecule has 30 heavy (non-hydrogen) atoms. The summed E-state index contributed by atoms with van der Waals surface area (Å²) in [5.41, 5.74) is 3.48. The van der Waals surface area contributed by atoms with E-state index in [-0.39, 0.29) is 11.9 Å². The molecule has 0 saturated heterocycles. The third-order valence-electron chi connectivity index (χ3n) is 5.33. The number of nitrogens with zero attached hydrogens (tertiary/aromatic N) is 3. The summed E-state index contributed by atoms with van der Waals surface area (Å²) in [5, 5.41) is 3.44. The van der Waals surface area contributed by atoms with Crippen molar-refractivity contribution in [3.63, 3.8) is 0 Å². The molecule has 0 spiro atoms. The summed E-state index contributed by atoms with van der Waals surface area (Å²) in [5.74, 6) is 0.960.